The van der Waals surface area contributed by atoms with E-state index in [0.717, 1.165) is 13.0 Å². The van der Waals surface area contributed by atoms with Crippen LogP contribution in [-0.4, -0.2) is 25.8 Å². The lowest BCUT2D eigenvalue weighted by Crippen LogP contribution is -2.62. The van der Waals surface area contributed by atoms with E-state index in [1.807, 2.05) is 0 Å². The average Bonchev–Trinajstić information content (AvgIpc) is 1.90. The van der Waals surface area contributed by atoms with E-state index in [4.69, 9.17) is 11.2 Å². The first kappa shape index (κ1) is 10.8. The molecule has 2 nitrogen and oxygen atoms in total. The van der Waals surface area contributed by atoms with Crippen molar-refractivity contribution >= 4 is 12.4 Å². The molecule has 1 aliphatic carbocycles. The van der Waals surface area contributed by atoms with E-state index in [1.165, 1.54) is 25.9 Å². The molecule has 0 bridgehead atoms. The standard InChI is InChI=1S/C10H15NO.ClH/c1-2-3-4-12-9-5-10(6-9)7-11-8-10;/h1,9,11H,3-8H2;1H. The number of ether oxygens (including phenoxy) is 1. The van der Waals surface area contributed by atoms with Crippen molar-refractivity contribution in [2.75, 3.05) is 19.7 Å². The van der Waals surface area contributed by atoms with Gasteiger partial charge >= 0.3 is 0 Å². The number of terminal acetylenes is 1. The van der Waals surface area contributed by atoms with Gasteiger partial charge < -0.3 is 10.1 Å². The van der Waals surface area contributed by atoms with Crippen molar-refractivity contribution in [2.24, 2.45) is 5.41 Å². The molecule has 2 fully saturated rings. The molecule has 2 aliphatic rings. The SMILES string of the molecule is C#CCCOC1CC2(CNC2)C1.Cl. The molecule has 1 saturated carbocycles. The van der Waals surface area contributed by atoms with Gasteiger partial charge in [-0.15, -0.1) is 24.8 Å². The lowest BCUT2D eigenvalue weighted by molar-refractivity contribution is -0.101. The number of hydrogen-bond donors (Lipinski definition) is 1. The van der Waals surface area contributed by atoms with E-state index in [-0.39, 0.29) is 12.4 Å². The Bertz CT molecular complexity index is 199. The topological polar surface area (TPSA) is 21.3 Å². The minimum atomic E-state index is 0. The fraction of sp³-hybridized carbons (Fsp3) is 0.800. The van der Waals surface area contributed by atoms with Gasteiger partial charge in [-0.3, -0.25) is 0 Å². The van der Waals surface area contributed by atoms with Crippen LogP contribution in [0.4, 0.5) is 0 Å². The fourth-order valence-electron chi connectivity index (χ4n) is 2.08. The Morgan fingerprint density at radius 1 is 1.46 bits per heavy atom. The van der Waals surface area contributed by atoms with Crippen LogP contribution in [0.3, 0.4) is 0 Å². The second-order valence-corrected chi connectivity index (χ2v) is 3.96. The Kier molecular flexibility index (Phi) is 3.61. The summed E-state index contributed by atoms with van der Waals surface area (Å²) < 4.78 is 5.58. The van der Waals surface area contributed by atoms with E-state index in [1.54, 1.807) is 0 Å². The highest BCUT2D eigenvalue weighted by Gasteiger charge is 2.48. The number of rotatable bonds is 3. The fourth-order valence-corrected chi connectivity index (χ4v) is 2.08. The van der Waals surface area contributed by atoms with Gasteiger partial charge in [0.1, 0.15) is 0 Å². The summed E-state index contributed by atoms with van der Waals surface area (Å²) in [5, 5.41) is 3.30. The third-order valence-electron chi connectivity index (χ3n) is 2.92. The third kappa shape index (κ3) is 2.17. The molecule has 0 unspecified atom stereocenters. The van der Waals surface area contributed by atoms with Crippen molar-refractivity contribution in [3.05, 3.63) is 0 Å². The van der Waals surface area contributed by atoms with Gasteiger partial charge in [0.2, 0.25) is 0 Å². The van der Waals surface area contributed by atoms with E-state index in [0.29, 0.717) is 11.5 Å². The molecule has 1 saturated heterocycles. The van der Waals surface area contributed by atoms with Gasteiger partial charge in [0.15, 0.2) is 0 Å². The molecular formula is C10H16ClNO. The van der Waals surface area contributed by atoms with Crippen LogP contribution >= 0.6 is 12.4 Å². The van der Waals surface area contributed by atoms with Crippen LogP contribution in [0.5, 0.6) is 0 Å². The third-order valence-corrected chi connectivity index (χ3v) is 2.92. The van der Waals surface area contributed by atoms with E-state index in [9.17, 15) is 0 Å². The van der Waals surface area contributed by atoms with Crippen molar-refractivity contribution in [1.82, 2.24) is 5.32 Å². The Labute approximate surface area is 85.8 Å². The quantitative estimate of drug-likeness (QED) is 0.548. The maximum absolute atomic E-state index is 5.58. The molecule has 0 radical (unpaired) electrons. The zero-order chi connectivity index (χ0) is 8.44. The Balaban J connectivity index is 0.000000845. The molecule has 3 heteroatoms. The van der Waals surface area contributed by atoms with Gasteiger partial charge in [-0.1, -0.05) is 0 Å². The Morgan fingerprint density at radius 2 is 2.15 bits per heavy atom. The zero-order valence-electron chi connectivity index (χ0n) is 7.71. The predicted octanol–water partition coefficient (Wildman–Crippen LogP) is 1.20. The van der Waals surface area contributed by atoms with Crippen molar-refractivity contribution in [3.63, 3.8) is 0 Å². The van der Waals surface area contributed by atoms with Crippen LogP contribution in [0, 0.1) is 17.8 Å². The van der Waals surface area contributed by atoms with Crippen LogP contribution in [0.1, 0.15) is 19.3 Å². The first-order chi connectivity index (χ1) is 5.85. The van der Waals surface area contributed by atoms with Crippen molar-refractivity contribution in [2.45, 2.75) is 25.4 Å². The van der Waals surface area contributed by atoms with Crippen molar-refractivity contribution < 1.29 is 4.74 Å². The summed E-state index contributed by atoms with van der Waals surface area (Å²) in [6.45, 7) is 3.13. The second kappa shape index (κ2) is 4.32. The van der Waals surface area contributed by atoms with E-state index >= 15 is 0 Å². The molecule has 1 aliphatic heterocycles. The molecule has 0 aromatic rings. The summed E-state index contributed by atoms with van der Waals surface area (Å²) in [5.41, 5.74) is 0.626. The van der Waals surface area contributed by atoms with Crippen molar-refractivity contribution in [1.29, 1.82) is 0 Å². The molecule has 0 amide bonds. The highest BCUT2D eigenvalue weighted by Crippen LogP contribution is 2.45. The molecular weight excluding hydrogens is 186 g/mol. The summed E-state index contributed by atoms with van der Waals surface area (Å²) in [6, 6.07) is 0. The monoisotopic (exact) mass is 201 g/mol. The lowest BCUT2D eigenvalue weighted by Gasteiger charge is -2.53. The minimum absolute atomic E-state index is 0. The summed E-state index contributed by atoms with van der Waals surface area (Å²) in [4.78, 5) is 0. The zero-order valence-corrected chi connectivity index (χ0v) is 8.53. The van der Waals surface area contributed by atoms with E-state index in [2.05, 4.69) is 11.2 Å². The van der Waals surface area contributed by atoms with Gasteiger partial charge in [0.25, 0.3) is 0 Å². The first-order valence-electron chi connectivity index (χ1n) is 4.60. The number of hydrogen-bond acceptors (Lipinski definition) is 2. The maximum Gasteiger partial charge on any atom is 0.0588 e. The number of nitrogens with one attached hydrogen (secondary N) is 1. The van der Waals surface area contributed by atoms with Gasteiger partial charge in [0, 0.05) is 24.9 Å². The maximum atomic E-state index is 5.58. The predicted molar refractivity (Wildman–Crippen MR) is 55.0 cm³/mol. The molecule has 2 rings (SSSR count). The number of halogens is 1. The highest BCUT2D eigenvalue weighted by molar-refractivity contribution is 5.85. The van der Waals surface area contributed by atoms with Crippen LogP contribution in [0.15, 0.2) is 0 Å². The first-order valence-corrected chi connectivity index (χ1v) is 4.60. The smallest absolute Gasteiger partial charge is 0.0588 e. The Hall–Kier alpha value is -0.230. The van der Waals surface area contributed by atoms with Gasteiger partial charge in [0.05, 0.1) is 12.7 Å². The normalized spacial score (nSPS) is 23.9. The molecule has 13 heavy (non-hydrogen) atoms. The van der Waals surface area contributed by atoms with Gasteiger partial charge in [-0.25, -0.2) is 0 Å². The van der Waals surface area contributed by atoms with Gasteiger partial charge in [-0.05, 0) is 12.8 Å². The van der Waals surface area contributed by atoms with Gasteiger partial charge in [-0.2, -0.15) is 0 Å². The Morgan fingerprint density at radius 3 is 2.62 bits per heavy atom. The summed E-state index contributed by atoms with van der Waals surface area (Å²) in [6.07, 6.45) is 8.86. The minimum Gasteiger partial charge on any atom is -0.377 e. The summed E-state index contributed by atoms with van der Waals surface area (Å²) in [7, 11) is 0. The molecule has 1 N–H and O–H groups in total. The summed E-state index contributed by atoms with van der Waals surface area (Å²) >= 11 is 0. The van der Waals surface area contributed by atoms with Crippen LogP contribution in [0.2, 0.25) is 0 Å². The van der Waals surface area contributed by atoms with Crippen LogP contribution in [0.25, 0.3) is 0 Å². The second-order valence-electron chi connectivity index (χ2n) is 3.96. The van der Waals surface area contributed by atoms with E-state index < -0.39 is 0 Å². The molecule has 0 aromatic carbocycles. The van der Waals surface area contributed by atoms with Crippen LogP contribution in [-0.2, 0) is 4.74 Å². The summed E-state index contributed by atoms with van der Waals surface area (Å²) in [5.74, 6) is 2.58. The highest BCUT2D eigenvalue weighted by atomic mass is 35.5. The van der Waals surface area contributed by atoms with Crippen LogP contribution < -0.4 is 5.32 Å². The lowest BCUT2D eigenvalue weighted by atomic mass is 9.63. The molecule has 1 spiro atoms. The molecule has 0 aromatic heterocycles. The molecule has 1 heterocycles. The average molecular weight is 202 g/mol. The molecule has 74 valence electrons. The van der Waals surface area contributed by atoms with Crippen molar-refractivity contribution in [3.8, 4) is 12.3 Å². The molecule has 0 atom stereocenters. The largest absolute Gasteiger partial charge is 0.377 e.